The lowest BCUT2D eigenvalue weighted by atomic mass is 10.1. The van der Waals surface area contributed by atoms with Gasteiger partial charge in [-0.05, 0) is 55.3 Å². The number of carbonyl (C=O) groups excluding carboxylic acids is 2. The molecule has 1 fully saturated rings. The van der Waals surface area contributed by atoms with Crippen molar-refractivity contribution in [3.63, 3.8) is 0 Å². The Balaban J connectivity index is 1.82. The third kappa shape index (κ3) is 3.24. The zero-order valence-electron chi connectivity index (χ0n) is 13.9. The van der Waals surface area contributed by atoms with Crippen molar-refractivity contribution >= 4 is 29.2 Å². The van der Waals surface area contributed by atoms with Crippen LogP contribution in [0.3, 0.4) is 0 Å². The number of aryl methyl sites for hydroxylation is 2. The van der Waals surface area contributed by atoms with E-state index in [2.05, 4.69) is 5.32 Å². The van der Waals surface area contributed by atoms with Crippen LogP contribution in [0.1, 0.15) is 27.9 Å². The van der Waals surface area contributed by atoms with Crippen molar-refractivity contribution < 1.29 is 19.5 Å². The predicted octanol–water partition coefficient (Wildman–Crippen LogP) is 2.75. The molecule has 6 nitrogen and oxygen atoms in total. The number of benzene rings is 2. The van der Waals surface area contributed by atoms with Crippen LogP contribution >= 0.6 is 0 Å². The largest absolute Gasteiger partial charge is 0.478 e. The van der Waals surface area contributed by atoms with Crippen LogP contribution in [0.15, 0.2) is 42.5 Å². The fourth-order valence-electron chi connectivity index (χ4n) is 2.85. The number of carboxylic acid groups (broad SMARTS) is 1. The summed E-state index contributed by atoms with van der Waals surface area (Å²) in [6.07, 6.45) is 0.0624. The van der Waals surface area contributed by atoms with Gasteiger partial charge in [0, 0.05) is 5.69 Å². The Morgan fingerprint density at radius 3 is 2.44 bits per heavy atom. The SMILES string of the molecule is Cc1ccc(C)c(N[C@@H]2CC(=O)N(c3ccc(C(=O)O)cc3)C2=O)c1. The lowest BCUT2D eigenvalue weighted by Gasteiger charge is -2.17. The maximum Gasteiger partial charge on any atom is 0.335 e. The van der Waals surface area contributed by atoms with Gasteiger partial charge in [-0.15, -0.1) is 0 Å². The zero-order chi connectivity index (χ0) is 18.1. The second-order valence-electron chi connectivity index (χ2n) is 6.14. The highest BCUT2D eigenvalue weighted by Crippen LogP contribution is 2.26. The van der Waals surface area contributed by atoms with E-state index in [0.29, 0.717) is 5.69 Å². The number of nitrogens with one attached hydrogen (secondary N) is 1. The molecule has 1 aliphatic rings. The van der Waals surface area contributed by atoms with Crippen LogP contribution in [-0.2, 0) is 9.59 Å². The summed E-state index contributed by atoms with van der Waals surface area (Å²) in [6.45, 7) is 3.90. The van der Waals surface area contributed by atoms with E-state index in [-0.39, 0.29) is 23.8 Å². The summed E-state index contributed by atoms with van der Waals surface area (Å²) in [5.74, 6) is -1.70. The minimum absolute atomic E-state index is 0.0624. The summed E-state index contributed by atoms with van der Waals surface area (Å²) < 4.78 is 0. The van der Waals surface area contributed by atoms with Crippen LogP contribution in [0.25, 0.3) is 0 Å². The minimum atomic E-state index is -1.06. The number of carbonyl (C=O) groups is 3. The standard InChI is InChI=1S/C19H18N2O4/c1-11-3-4-12(2)15(9-11)20-16-10-17(22)21(18(16)23)14-7-5-13(6-8-14)19(24)25/h3-9,16,20H,10H2,1-2H3,(H,24,25)/t16-/m1/s1. The Morgan fingerprint density at radius 1 is 1.12 bits per heavy atom. The van der Waals surface area contributed by atoms with Gasteiger partial charge in [0.2, 0.25) is 5.91 Å². The van der Waals surface area contributed by atoms with Gasteiger partial charge in [0.1, 0.15) is 6.04 Å². The monoisotopic (exact) mass is 338 g/mol. The number of rotatable bonds is 4. The highest BCUT2D eigenvalue weighted by molar-refractivity contribution is 6.23. The fraction of sp³-hybridized carbons (Fsp3) is 0.211. The van der Waals surface area contributed by atoms with E-state index < -0.39 is 12.0 Å². The van der Waals surface area contributed by atoms with E-state index in [0.717, 1.165) is 21.7 Å². The highest BCUT2D eigenvalue weighted by Gasteiger charge is 2.39. The van der Waals surface area contributed by atoms with Crippen molar-refractivity contribution in [3.05, 3.63) is 59.2 Å². The third-order valence-corrected chi connectivity index (χ3v) is 4.24. The van der Waals surface area contributed by atoms with Crippen LogP contribution in [0.5, 0.6) is 0 Å². The molecule has 1 saturated heterocycles. The molecule has 1 atom stereocenters. The first-order chi connectivity index (χ1) is 11.9. The van der Waals surface area contributed by atoms with Crippen LogP contribution in [0.2, 0.25) is 0 Å². The molecular formula is C19H18N2O4. The Morgan fingerprint density at radius 2 is 1.80 bits per heavy atom. The molecule has 2 aromatic rings. The number of aromatic carboxylic acids is 1. The van der Waals surface area contributed by atoms with E-state index in [9.17, 15) is 14.4 Å². The number of amides is 2. The van der Waals surface area contributed by atoms with Crippen molar-refractivity contribution in [3.8, 4) is 0 Å². The summed E-state index contributed by atoms with van der Waals surface area (Å²) in [6, 6.07) is 11.0. The number of hydrogen-bond acceptors (Lipinski definition) is 4. The topological polar surface area (TPSA) is 86.7 Å². The number of imide groups is 1. The number of anilines is 2. The Hall–Kier alpha value is -3.15. The van der Waals surface area contributed by atoms with Gasteiger partial charge in [-0.25, -0.2) is 9.69 Å². The molecule has 0 radical (unpaired) electrons. The van der Waals surface area contributed by atoms with Crippen LogP contribution in [-0.4, -0.2) is 28.9 Å². The molecule has 0 spiro atoms. The molecule has 0 saturated carbocycles. The Bertz CT molecular complexity index is 858. The van der Waals surface area contributed by atoms with Crippen LogP contribution in [0, 0.1) is 13.8 Å². The van der Waals surface area contributed by atoms with E-state index in [1.165, 1.54) is 24.3 Å². The molecule has 1 aliphatic heterocycles. The Kier molecular flexibility index (Phi) is 4.27. The predicted molar refractivity (Wildman–Crippen MR) is 93.8 cm³/mol. The van der Waals surface area contributed by atoms with Crippen molar-refractivity contribution in [1.29, 1.82) is 0 Å². The van der Waals surface area contributed by atoms with E-state index in [4.69, 9.17) is 5.11 Å². The second-order valence-corrected chi connectivity index (χ2v) is 6.14. The number of hydrogen-bond donors (Lipinski definition) is 2. The molecule has 2 N–H and O–H groups in total. The average Bonchev–Trinajstić information content (AvgIpc) is 2.85. The van der Waals surface area contributed by atoms with Gasteiger partial charge in [-0.3, -0.25) is 9.59 Å². The molecule has 0 aromatic heterocycles. The second kappa shape index (κ2) is 6.39. The fourth-order valence-corrected chi connectivity index (χ4v) is 2.85. The van der Waals surface area contributed by atoms with Gasteiger partial charge in [0.15, 0.2) is 0 Å². The molecule has 0 unspecified atom stereocenters. The molecular weight excluding hydrogens is 320 g/mol. The molecule has 6 heteroatoms. The van der Waals surface area contributed by atoms with Gasteiger partial charge < -0.3 is 10.4 Å². The van der Waals surface area contributed by atoms with Gasteiger partial charge >= 0.3 is 5.97 Å². The molecule has 1 heterocycles. The lowest BCUT2D eigenvalue weighted by Crippen LogP contribution is -2.35. The van der Waals surface area contributed by atoms with Gasteiger partial charge in [0.25, 0.3) is 5.91 Å². The molecule has 3 rings (SSSR count). The lowest BCUT2D eigenvalue weighted by molar-refractivity contribution is -0.121. The summed E-state index contributed by atoms with van der Waals surface area (Å²) >= 11 is 0. The Labute approximate surface area is 145 Å². The van der Waals surface area contributed by atoms with Crippen LogP contribution in [0.4, 0.5) is 11.4 Å². The number of carboxylic acids is 1. The number of nitrogens with zero attached hydrogens (tertiary/aromatic N) is 1. The van der Waals surface area contributed by atoms with Crippen molar-refractivity contribution in [2.24, 2.45) is 0 Å². The van der Waals surface area contributed by atoms with Gasteiger partial charge in [0.05, 0.1) is 17.7 Å². The van der Waals surface area contributed by atoms with E-state index in [1.54, 1.807) is 0 Å². The first-order valence-corrected chi connectivity index (χ1v) is 7.91. The van der Waals surface area contributed by atoms with Crippen LogP contribution < -0.4 is 10.2 Å². The smallest absolute Gasteiger partial charge is 0.335 e. The molecule has 128 valence electrons. The van der Waals surface area contributed by atoms with Crippen molar-refractivity contribution in [2.75, 3.05) is 10.2 Å². The first-order valence-electron chi connectivity index (χ1n) is 7.91. The average molecular weight is 338 g/mol. The molecule has 0 aliphatic carbocycles. The van der Waals surface area contributed by atoms with Crippen molar-refractivity contribution in [2.45, 2.75) is 26.3 Å². The summed E-state index contributed by atoms with van der Waals surface area (Å²) in [4.78, 5) is 37.0. The minimum Gasteiger partial charge on any atom is -0.478 e. The molecule has 2 aromatic carbocycles. The molecule has 0 bridgehead atoms. The first kappa shape index (κ1) is 16.7. The third-order valence-electron chi connectivity index (χ3n) is 4.24. The summed E-state index contributed by atoms with van der Waals surface area (Å²) in [5.41, 5.74) is 3.37. The van der Waals surface area contributed by atoms with Gasteiger partial charge in [-0.2, -0.15) is 0 Å². The molecule has 25 heavy (non-hydrogen) atoms. The van der Waals surface area contributed by atoms with E-state index in [1.807, 2.05) is 32.0 Å². The normalized spacial score (nSPS) is 17.0. The van der Waals surface area contributed by atoms with E-state index >= 15 is 0 Å². The quantitative estimate of drug-likeness (QED) is 0.837. The summed E-state index contributed by atoms with van der Waals surface area (Å²) in [7, 11) is 0. The van der Waals surface area contributed by atoms with Gasteiger partial charge in [-0.1, -0.05) is 12.1 Å². The highest BCUT2D eigenvalue weighted by atomic mass is 16.4. The maximum atomic E-state index is 12.7. The molecule has 2 amide bonds. The van der Waals surface area contributed by atoms with Crippen molar-refractivity contribution in [1.82, 2.24) is 0 Å². The summed E-state index contributed by atoms with van der Waals surface area (Å²) in [5, 5.41) is 12.1. The maximum absolute atomic E-state index is 12.7. The zero-order valence-corrected chi connectivity index (χ0v) is 13.9.